The summed E-state index contributed by atoms with van der Waals surface area (Å²) in [5, 5.41) is 5.67. The fourth-order valence-electron chi connectivity index (χ4n) is 4.19. The zero-order valence-electron chi connectivity index (χ0n) is 24.7. The summed E-state index contributed by atoms with van der Waals surface area (Å²) in [5.41, 5.74) is 1.80. The third-order valence-corrected chi connectivity index (χ3v) is 6.42. The van der Waals surface area contributed by atoms with E-state index in [2.05, 4.69) is 20.6 Å². The number of halogens is 2. The normalized spacial score (nSPS) is 11.3. The molecule has 0 saturated heterocycles. The maximum Gasteiger partial charge on any atom is 0.328 e. The summed E-state index contributed by atoms with van der Waals surface area (Å²) in [6, 6.07) is 19.6. The lowest BCUT2D eigenvalue weighted by Gasteiger charge is -2.17. The van der Waals surface area contributed by atoms with Crippen LogP contribution in [0, 0.1) is 11.6 Å². The van der Waals surface area contributed by atoms with Crippen molar-refractivity contribution in [1.29, 1.82) is 0 Å². The topological polar surface area (TPSA) is 129 Å². The van der Waals surface area contributed by atoms with Crippen LogP contribution in [-0.4, -0.2) is 47.1 Å². The molecule has 1 aromatic heterocycles. The molecule has 0 spiro atoms. The van der Waals surface area contributed by atoms with Gasteiger partial charge in [0.05, 0.1) is 24.5 Å². The average molecular weight is 619 g/mol. The van der Waals surface area contributed by atoms with E-state index in [9.17, 15) is 23.2 Å². The predicted octanol–water partition coefficient (Wildman–Crippen LogP) is 5.75. The third kappa shape index (κ3) is 9.30. The van der Waals surface area contributed by atoms with E-state index >= 15 is 0 Å². The van der Waals surface area contributed by atoms with Crippen LogP contribution in [-0.2, 0) is 25.7 Å². The van der Waals surface area contributed by atoms with Gasteiger partial charge in [0.15, 0.2) is 0 Å². The number of amides is 1. The first-order chi connectivity index (χ1) is 21.8. The Kier molecular flexibility index (Phi) is 11.5. The van der Waals surface area contributed by atoms with Gasteiger partial charge in [-0.1, -0.05) is 36.4 Å². The first kappa shape index (κ1) is 32.5. The molecule has 3 aromatic carbocycles. The molecule has 4 aromatic rings. The number of hydrogen-bond donors (Lipinski definition) is 2. The Labute approximate surface area is 258 Å². The van der Waals surface area contributed by atoms with Crippen LogP contribution in [0.3, 0.4) is 0 Å². The fraction of sp³-hybridized carbons (Fsp3) is 0.242. The van der Waals surface area contributed by atoms with E-state index in [1.54, 1.807) is 32.0 Å². The van der Waals surface area contributed by atoms with Gasteiger partial charge in [-0.15, -0.1) is 0 Å². The molecule has 0 unspecified atom stereocenters. The lowest BCUT2D eigenvalue weighted by molar-refractivity contribution is -0.146. The van der Waals surface area contributed by atoms with E-state index in [1.165, 1.54) is 18.2 Å². The standard InChI is InChI=1S/C33H32F2N4O6/c1-3-43-30(40)18-17-27(32(42)44-4-2)37-31(41)22-13-15-23(16-14-22)36-33-38-28(21-9-6-5-7-10-21)19-29(39-33)45-20-24-25(34)11-8-12-26(24)35/h5-16,19,27H,3-4,17-18,20H2,1-2H3,(H,37,41)(H,36,38,39)/t27-/m0/s1. The van der Waals surface area contributed by atoms with E-state index in [1.807, 2.05) is 30.3 Å². The van der Waals surface area contributed by atoms with Crippen molar-refractivity contribution in [3.63, 3.8) is 0 Å². The number of esters is 2. The molecule has 2 N–H and O–H groups in total. The number of rotatable bonds is 14. The van der Waals surface area contributed by atoms with Gasteiger partial charge in [-0.05, 0) is 56.7 Å². The van der Waals surface area contributed by atoms with Gasteiger partial charge in [0.1, 0.15) is 24.3 Å². The maximum atomic E-state index is 14.2. The average Bonchev–Trinajstić information content (AvgIpc) is 3.03. The first-order valence-electron chi connectivity index (χ1n) is 14.3. The molecule has 1 amide bonds. The summed E-state index contributed by atoms with van der Waals surface area (Å²) < 4.78 is 44.0. The second kappa shape index (κ2) is 15.9. The number of nitrogens with zero attached hydrogens (tertiary/aromatic N) is 2. The lowest BCUT2D eigenvalue weighted by Crippen LogP contribution is -2.42. The van der Waals surface area contributed by atoms with Crippen LogP contribution in [0.1, 0.15) is 42.6 Å². The molecule has 234 valence electrons. The Bertz CT molecular complexity index is 1600. The van der Waals surface area contributed by atoms with Gasteiger partial charge in [0, 0.05) is 29.3 Å². The zero-order valence-corrected chi connectivity index (χ0v) is 24.7. The Morgan fingerprint density at radius 3 is 2.20 bits per heavy atom. The summed E-state index contributed by atoms with van der Waals surface area (Å²) in [7, 11) is 0. The molecule has 0 aliphatic rings. The minimum absolute atomic E-state index is 0.0199. The summed E-state index contributed by atoms with van der Waals surface area (Å²) >= 11 is 0. The second-order valence-corrected chi connectivity index (χ2v) is 9.59. The molecule has 0 aliphatic carbocycles. The number of carbonyl (C=O) groups is 3. The number of ether oxygens (including phenoxy) is 3. The summed E-state index contributed by atoms with van der Waals surface area (Å²) in [4.78, 5) is 46.0. The third-order valence-electron chi connectivity index (χ3n) is 6.42. The molecule has 10 nitrogen and oxygen atoms in total. The predicted molar refractivity (Wildman–Crippen MR) is 162 cm³/mol. The van der Waals surface area contributed by atoms with Crippen molar-refractivity contribution in [2.45, 2.75) is 39.3 Å². The number of nitrogens with one attached hydrogen (secondary N) is 2. The van der Waals surface area contributed by atoms with Gasteiger partial charge in [0.25, 0.3) is 5.91 Å². The van der Waals surface area contributed by atoms with Crippen molar-refractivity contribution in [3.05, 3.63) is 102 Å². The number of benzene rings is 3. The quantitative estimate of drug-likeness (QED) is 0.170. The molecular formula is C33H32F2N4O6. The molecule has 4 rings (SSSR count). The number of hydrogen-bond acceptors (Lipinski definition) is 9. The molecule has 0 saturated carbocycles. The van der Waals surface area contributed by atoms with Gasteiger partial charge >= 0.3 is 11.9 Å². The second-order valence-electron chi connectivity index (χ2n) is 9.59. The van der Waals surface area contributed by atoms with Crippen LogP contribution >= 0.6 is 0 Å². The van der Waals surface area contributed by atoms with Gasteiger partial charge in [-0.2, -0.15) is 4.98 Å². The van der Waals surface area contributed by atoms with Crippen molar-refractivity contribution in [1.82, 2.24) is 15.3 Å². The molecule has 1 atom stereocenters. The van der Waals surface area contributed by atoms with Gasteiger partial charge < -0.3 is 24.8 Å². The molecule has 0 bridgehead atoms. The van der Waals surface area contributed by atoms with Crippen molar-refractivity contribution < 1.29 is 37.4 Å². The Balaban J connectivity index is 1.49. The Morgan fingerprint density at radius 2 is 1.53 bits per heavy atom. The summed E-state index contributed by atoms with van der Waals surface area (Å²) in [6.07, 6.45) is -0.0461. The highest BCUT2D eigenvalue weighted by molar-refractivity contribution is 5.97. The highest BCUT2D eigenvalue weighted by Crippen LogP contribution is 2.25. The molecule has 0 fully saturated rings. The van der Waals surface area contributed by atoms with Crippen molar-refractivity contribution in [2.75, 3.05) is 18.5 Å². The Morgan fingerprint density at radius 1 is 0.844 bits per heavy atom. The highest BCUT2D eigenvalue weighted by Gasteiger charge is 2.24. The first-order valence-corrected chi connectivity index (χ1v) is 14.3. The maximum absolute atomic E-state index is 14.2. The van der Waals surface area contributed by atoms with E-state index in [0.29, 0.717) is 11.4 Å². The minimum Gasteiger partial charge on any atom is -0.472 e. The SMILES string of the molecule is CCOC(=O)CC[C@H](NC(=O)c1ccc(Nc2nc(OCc3c(F)cccc3F)cc(-c3ccccc3)n2)cc1)C(=O)OCC. The zero-order chi connectivity index (χ0) is 32.2. The smallest absolute Gasteiger partial charge is 0.328 e. The largest absolute Gasteiger partial charge is 0.472 e. The minimum atomic E-state index is -1.04. The molecule has 45 heavy (non-hydrogen) atoms. The number of carbonyl (C=O) groups excluding carboxylic acids is 3. The van der Waals surface area contributed by atoms with Crippen LogP contribution < -0.4 is 15.4 Å². The van der Waals surface area contributed by atoms with Crippen LogP contribution in [0.15, 0.2) is 78.9 Å². The van der Waals surface area contributed by atoms with Gasteiger partial charge in [-0.3, -0.25) is 9.59 Å². The molecular weight excluding hydrogens is 586 g/mol. The monoisotopic (exact) mass is 618 g/mol. The number of aromatic nitrogens is 2. The van der Waals surface area contributed by atoms with E-state index in [-0.39, 0.29) is 55.6 Å². The van der Waals surface area contributed by atoms with E-state index in [4.69, 9.17) is 14.2 Å². The van der Waals surface area contributed by atoms with Crippen LogP contribution in [0.25, 0.3) is 11.3 Å². The van der Waals surface area contributed by atoms with Gasteiger partial charge in [0.2, 0.25) is 11.8 Å². The van der Waals surface area contributed by atoms with E-state index in [0.717, 1.165) is 17.7 Å². The molecule has 1 heterocycles. The van der Waals surface area contributed by atoms with Crippen molar-refractivity contribution in [3.8, 4) is 17.1 Å². The lowest BCUT2D eigenvalue weighted by atomic mass is 10.1. The molecule has 12 heteroatoms. The Hall–Kier alpha value is -5.39. The van der Waals surface area contributed by atoms with Crippen LogP contribution in [0.4, 0.5) is 20.4 Å². The van der Waals surface area contributed by atoms with Crippen LogP contribution in [0.2, 0.25) is 0 Å². The van der Waals surface area contributed by atoms with Gasteiger partial charge in [-0.25, -0.2) is 18.6 Å². The number of anilines is 2. The van der Waals surface area contributed by atoms with Crippen molar-refractivity contribution >= 4 is 29.5 Å². The molecule has 0 radical (unpaired) electrons. The van der Waals surface area contributed by atoms with Crippen LogP contribution in [0.5, 0.6) is 5.88 Å². The van der Waals surface area contributed by atoms with Crippen molar-refractivity contribution in [2.24, 2.45) is 0 Å². The highest BCUT2D eigenvalue weighted by atomic mass is 19.1. The van der Waals surface area contributed by atoms with E-state index < -0.39 is 35.5 Å². The fourth-order valence-corrected chi connectivity index (χ4v) is 4.19. The summed E-state index contributed by atoms with van der Waals surface area (Å²) in [6.45, 7) is 3.26. The molecule has 0 aliphatic heterocycles. The summed E-state index contributed by atoms with van der Waals surface area (Å²) in [5.74, 6) is -2.93.